The van der Waals surface area contributed by atoms with E-state index in [1.165, 1.54) is 27.9 Å². The highest BCUT2D eigenvalue weighted by atomic mass is 35.5. The van der Waals surface area contributed by atoms with Gasteiger partial charge in [0.15, 0.2) is 0 Å². The minimum atomic E-state index is 0.615. The molecule has 0 bridgehead atoms. The molecule has 2 aromatic carbocycles. The fraction of sp³-hybridized carbons (Fsp3) is 0.333. The number of halogens is 1. The first-order valence-corrected chi connectivity index (χ1v) is 7.58. The number of hydrogen-bond acceptors (Lipinski definition) is 1. The predicted molar refractivity (Wildman–Crippen MR) is 86.8 cm³/mol. The summed E-state index contributed by atoms with van der Waals surface area (Å²) in [5.74, 6) is 0.615. The van der Waals surface area contributed by atoms with E-state index in [-0.39, 0.29) is 0 Å². The highest BCUT2D eigenvalue weighted by molar-refractivity contribution is 6.31. The van der Waals surface area contributed by atoms with Crippen LogP contribution in [0.2, 0.25) is 5.02 Å². The summed E-state index contributed by atoms with van der Waals surface area (Å²) in [5.41, 5.74) is 6.56. The van der Waals surface area contributed by atoms with Crippen LogP contribution in [0, 0.1) is 19.8 Å². The molecule has 0 aliphatic carbocycles. The molecule has 1 unspecified atom stereocenters. The van der Waals surface area contributed by atoms with E-state index in [0.717, 1.165) is 24.4 Å². The maximum atomic E-state index is 6.36. The van der Waals surface area contributed by atoms with Crippen LogP contribution in [-0.2, 0) is 12.8 Å². The molecule has 0 spiro atoms. The number of rotatable bonds is 2. The van der Waals surface area contributed by atoms with Crippen LogP contribution in [0.1, 0.15) is 22.3 Å². The zero-order valence-electron chi connectivity index (χ0n) is 12.0. The van der Waals surface area contributed by atoms with Crippen molar-refractivity contribution in [1.29, 1.82) is 0 Å². The number of benzene rings is 2. The number of nitrogens with one attached hydrogen (secondary N) is 1. The van der Waals surface area contributed by atoms with Crippen LogP contribution >= 0.6 is 11.6 Å². The molecule has 20 heavy (non-hydrogen) atoms. The van der Waals surface area contributed by atoms with Gasteiger partial charge in [0.25, 0.3) is 0 Å². The zero-order valence-corrected chi connectivity index (χ0v) is 12.8. The molecule has 104 valence electrons. The summed E-state index contributed by atoms with van der Waals surface area (Å²) >= 11 is 6.36. The van der Waals surface area contributed by atoms with Crippen molar-refractivity contribution in [3.8, 4) is 0 Å². The molecule has 1 aliphatic rings. The molecule has 0 saturated carbocycles. The van der Waals surface area contributed by atoms with Gasteiger partial charge >= 0.3 is 0 Å². The van der Waals surface area contributed by atoms with E-state index < -0.39 is 0 Å². The zero-order chi connectivity index (χ0) is 14.1. The Bertz CT molecular complexity index is 616. The minimum absolute atomic E-state index is 0.615. The second kappa shape index (κ2) is 5.49. The summed E-state index contributed by atoms with van der Waals surface area (Å²) in [5, 5.41) is 4.46. The molecule has 0 radical (unpaired) electrons. The summed E-state index contributed by atoms with van der Waals surface area (Å²) < 4.78 is 0. The Morgan fingerprint density at radius 1 is 1.10 bits per heavy atom. The molecular weight excluding hydrogens is 266 g/mol. The Kier molecular flexibility index (Phi) is 3.71. The maximum absolute atomic E-state index is 6.36. The van der Waals surface area contributed by atoms with Crippen molar-refractivity contribution in [2.75, 3.05) is 11.9 Å². The van der Waals surface area contributed by atoms with Gasteiger partial charge in [0.1, 0.15) is 0 Å². The molecule has 3 rings (SSSR count). The standard InChI is InChI=1S/C18H20ClN/c1-12-3-6-14(7-4-12)9-15-10-16-17(19)8-5-13(2)18(16)20-11-15/h3-8,15,20H,9-11H2,1-2H3. The maximum Gasteiger partial charge on any atom is 0.0458 e. The highest BCUT2D eigenvalue weighted by Gasteiger charge is 2.21. The lowest BCUT2D eigenvalue weighted by atomic mass is 9.87. The van der Waals surface area contributed by atoms with Gasteiger partial charge in [-0.15, -0.1) is 0 Å². The largest absolute Gasteiger partial charge is 0.384 e. The van der Waals surface area contributed by atoms with Crippen LogP contribution in [0.4, 0.5) is 5.69 Å². The lowest BCUT2D eigenvalue weighted by Gasteiger charge is -2.28. The molecule has 2 aromatic rings. The molecule has 0 saturated heterocycles. The van der Waals surface area contributed by atoms with Gasteiger partial charge in [0.05, 0.1) is 0 Å². The minimum Gasteiger partial charge on any atom is -0.384 e. The number of aryl methyl sites for hydroxylation is 2. The second-order valence-corrected chi connectivity index (χ2v) is 6.27. The molecule has 0 fully saturated rings. The Labute approximate surface area is 126 Å². The van der Waals surface area contributed by atoms with Crippen LogP contribution in [0.25, 0.3) is 0 Å². The first-order valence-electron chi connectivity index (χ1n) is 7.21. The normalized spacial score (nSPS) is 17.4. The van der Waals surface area contributed by atoms with Gasteiger partial charge in [-0.2, -0.15) is 0 Å². The average Bonchev–Trinajstić information content (AvgIpc) is 2.46. The van der Waals surface area contributed by atoms with Gasteiger partial charge in [-0.3, -0.25) is 0 Å². The lowest BCUT2D eigenvalue weighted by molar-refractivity contribution is 0.535. The van der Waals surface area contributed by atoms with Crippen molar-refractivity contribution in [2.45, 2.75) is 26.7 Å². The number of fused-ring (bicyclic) bond motifs is 1. The molecule has 0 aromatic heterocycles. The van der Waals surface area contributed by atoms with Crippen molar-refractivity contribution >= 4 is 17.3 Å². The van der Waals surface area contributed by atoms with E-state index in [9.17, 15) is 0 Å². The Morgan fingerprint density at radius 3 is 2.60 bits per heavy atom. The van der Waals surface area contributed by atoms with E-state index >= 15 is 0 Å². The first kappa shape index (κ1) is 13.5. The summed E-state index contributed by atoms with van der Waals surface area (Å²) in [6.07, 6.45) is 2.17. The molecule has 1 aliphatic heterocycles. The third-order valence-corrected chi connectivity index (χ3v) is 4.52. The third-order valence-electron chi connectivity index (χ3n) is 4.17. The van der Waals surface area contributed by atoms with Crippen LogP contribution in [0.3, 0.4) is 0 Å². The van der Waals surface area contributed by atoms with Gasteiger partial charge < -0.3 is 5.32 Å². The van der Waals surface area contributed by atoms with Crippen molar-refractivity contribution in [1.82, 2.24) is 0 Å². The van der Waals surface area contributed by atoms with Gasteiger partial charge in [-0.1, -0.05) is 47.5 Å². The van der Waals surface area contributed by atoms with E-state index in [1.54, 1.807) is 0 Å². The smallest absolute Gasteiger partial charge is 0.0458 e. The highest BCUT2D eigenvalue weighted by Crippen LogP contribution is 2.34. The van der Waals surface area contributed by atoms with Crippen LogP contribution in [-0.4, -0.2) is 6.54 Å². The molecule has 1 nitrogen and oxygen atoms in total. The van der Waals surface area contributed by atoms with E-state index in [0.29, 0.717) is 5.92 Å². The van der Waals surface area contributed by atoms with Gasteiger partial charge in [0, 0.05) is 17.3 Å². The van der Waals surface area contributed by atoms with E-state index in [1.807, 2.05) is 6.07 Å². The molecule has 1 atom stereocenters. The fourth-order valence-corrected chi connectivity index (χ4v) is 3.23. The SMILES string of the molecule is Cc1ccc(CC2CNc3c(C)ccc(Cl)c3C2)cc1. The van der Waals surface area contributed by atoms with E-state index in [4.69, 9.17) is 11.6 Å². The average molecular weight is 286 g/mol. The second-order valence-electron chi connectivity index (χ2n) is 5.86. The molecule has 0 amide bonds. The van der Waals surface area contributed by atoms with Crippen molar-refractivity contribution < 1.29 is 0 Å². The Balaban J connectivity index is 1.78. The van der Waals surface area contributed by atoms with Crippen molar-refractivity contribution in [3.05, 3.63) is 63.7 Å². The van der Waals surface area contributed by atoms with Gasteiger partial charge in [-0.05, 0) is 55.4 Å². The summed E-state index contributed by atoms with van der Waals surface area (Å²) in [6, 6.07) is 13.0. The van der Waals surface area contributed by atoms with Crippen LogP contribution in [0.5, 0.6) is 0 Å². The number of anilines is 1. The molecule has 2 heteroatoms. The topological polar surface area (TPSA) is 12.0 Å². The van der Waals surface area contributed by atoms with E-state index in [2.05, 4.69) is 49.5 Å². The summed E-state index contributed by atoms with van der Waals surface area (Å²) in [6.45, 7) is 5.30. The van der Waals surface area contributed by atoms with Crippen molar-refractivity contribution in [3.63, 3.8) is 0 Å². The van der Waals surface area contributed by atoms with Crippen molar-refractivity contribution in [2.24, 2.45) is 5.92 Å². The van der Waals surface area contributed by atoms with Gasteiger partial charge in [-0.25, -0.2) is 0 Å². The fourth-order valence-electron chi connectivity index (χ4n) is 2.99. The molecule has 1 heterocycles. The first-order chi connectivity index (χ1) is 9.63. The monoisotopic (exact) mass is 285 g/mol. The molecule has 1 N–H and O–H groups in total. The lowest BCUT2D eigenvalue weighted by Crippen LogP contribution is -2.25. The quantitative estimate of drug-likeness (QED) is 0.837. The third kappa shape index (κ3) is 2.69. The summed E-state index contributed by atoms with van der Waals surface area (Å²) in [7, 11) is 0. The Hall–Kier alpha value is -1.47. The molecular formula is C18H20ClN. The summed E-state index contributed by atoms with van der Waals surface area (Å²) in [4.78, 5) is 0. The Morgan fingerprint density at radius 2 is 1.85 bits per heavy atom. The van der Waals surface area contributed by atoms with Gasteiger partial charge in [0.2, 0.25) is 0 Å². The van der Waals surface area contributed by atoms with Crippen LogP contribution < -0.4 is 5.32 Å². The van der Waals surface area contributed by atoms with Crippen LogP contribution in [0.15, 0.2) is 36.4 Å². The predicted octanol–water partition coefficient (Wildman–Crippen LogP) is 4.78. The number of hydrogen-bond donors (Lipinski definition) is 1.